The SMILES string of the molecule is CN=C(NCc1coc(-c2ccccc2)n1)NC1CCN(C(=O)C2CCCCC2)C1.I. The number of nitrogens with zero attached hydrogens (tertiary/aromatic N) is 3. The molecular weight excluding hydrogens is 505 g/mol. The van der Waals surface area contributed by atoms with E-state index in [4.69, 9.17) is 4.42 Å². The Morgan fingerprint density at radius 1 is 1.19 bits per heavy atom. The Balaban J connectivity index is 0.00000272. The molecule has 1 aliphatic heterocycles. The van der Waals surface area contributed by atoms with Gasteiger partial charge in [0.05, 0.1) is 12.2 Å². The minimum atomic E-state index is 0. The fraction of sp³-hybridized carbons (Fsp3) is 0.522. The van der Waals surface area contributed by atoms with Crippen LogP contribution in [0.4, 0.5) is 0 Å². The average Bonchev–Trinajstić information content (AvgIpc) is 3.47. The van der Waals surface area contributed by atoms with Crippen LogP contribution in [0.3, 0.4) is 0 Å². The molecule has 0 spiro atoms. The van der Waals surface area contributed by atoms with Crippen LogP contribution in [0.25, 0.3) is 11.5 Å². The number of aromatic nitrogens is 1. The van der Waals surface area contributed by atoms with Crippen molar-refractivity contribution in [2.45, 2.75) is 51.1 Å². The highest BCUT2D eigenvalue weighted by Gasteiger charge is 2.31. The normalized spacial score (nSPS) is 19.7. The van der Waals surface area contributed by atoms with Crippen molar-refractivity contribution < 1.29 is 9.21 Å². The molecule has 7 nitrogen and oxygen atoms in total. The maximum atomic E-state index is 12.8. The summed E-state index contributed by atoms with van der Waals surface area (Å²) in [5, 5.41) is 6.75. The van der Waals surface area contributed by atoms with Crippen LogP contribution >= 0.6 is 24.0 Å². The Hall–Kier alpha value is -2.10. The highest BCUT2D eigenvalue weighted by molar-refractivity contribution is 14.0. The molecule has 168 valence electrons. The number of halogens is 1. The van der Waals surface area contributed by atoms with E-state index in [9.17, 15) is 4.79 Å². The third-order valence-electron chi connectivity index (χ3n) is 6.03. The van der Waals surface area contributed by atoms with Gasteiger partial charge >= 0.3 is 0 Å². The first-order valence-corrected chi connectivity index (χ1v) is 11.0. The Morgan fingerprint density at radius 3 is 2.71 bits per heavy atom. The van der Waals surface area contributed by atoms with Crippen molar-refractivity contribution in [3.8, 4) is 11.5 Å². The summed E-state index contributed by atoms with van der Waals surface area (Å²) in [4.78, 5) is 23.7. The second-order valence-electron chi connectivity index (χ2n) is 8.18. The van der Waals surface area contributed by atoms with Gasteiger partial charge in [0.15, 0.2) is 5.96 Å². The van der Waals surface area contributed by atoms with Gasteiger partial charge in [-0.1, -0.05) is 37.5 Å². The topological polar surface area (TPSA) is 82.8 Å². The molecule has 1 saturated carbocycles. The van der Waals surface area contributed by atoms with Gasteiger partial charge in [-0.2, -0.15) is 0 Å². The number of hydrogen-bond donors (Lipinski definition) is 2. The van der Waals surface area contributed by atoms with Gasteiger partial charge in [-0.25, -0.2) is 4.98 Å². The van der Waals surface area contributed by atoms with Crippen molar-refractivity contribution in [3.63, 3.8) is 0 Å². The molecule has 1 aliphatic carbocycles. The first-order valence-electron chi connectivity index (χ1n) is 11.0. The summed E-state index contributed by atoms with van der Waals surface area (Å²) in [5.74, 6) is 1.91. The van der Waals surface area contributed by atoms with Gasteiger partial charge in [-0.15, -0.1) is 24.0 Å². The molecule has 31 heavy (non-hydrogen) atoms. The number of rotatable bonds is 5. The number of likely N-dealkylation sites (tertiary alicyclic amines) is 1. The van der Waals surface area contributed by atoms with Gasteiger partial charge in [0.1, 0.15) is 6.26 Å². The number of aliphatic imine (C=N–C) groups is 1. The fourth-order valence-electron chi connectivity index (χ4n) is 4.35. The van der Waals surface area contributed by atoms with Crippen LogP contribution in [0.2, 0.25) is 0 Å². The van der Waals surface area contributed by atoms with Gasteiger partial charge < -0.3 is 20.0 Å². The molecule has 2 heterocycles. The van der Waals surface area contributed by atoms with E-state index in [-0.39, 0.29) is 35.9 Å². The largest absolute Gasteiger partial charge is 0.444 e. The van der Waals surface area contributed by atoms with E-state index in [1.54, 1.807) is 13.3 Å². The van der Waals surface area contributed by atoms with Gasteiger partial charge in [-0.3, -0.25) is 9.79 Å². The van der Waals surface area contributed by atoms with Gasteiger partial charge in [-0.05, 0) is 31.4 Å². The van der Waals surface area contributed by atoms with E-state index in [2.05, 4.69) is 20.6 Å². The smallest absolute Gasteiger partial charge is 0.226 e. The molecule has 4 rings (SSSR count). The summed E-state index contributed by atoms with van der Waals surface area (Å²) in [6.45, 7) is 2.10. The standard InChI is InChI=1S/C23H31N5O2.HI/c1-24-23(25-14-20-16-30-21(26-20)17-8-4-2-5-9-17)27-19-12-13-28(15-19)22(29)18-10-6-3-7-11-18;/h2,4-5,8-9,16,18-19H,3,6-7,10-15H2,1H3,(H2,24,25,27);1H. The number of oxazole rings is 1. The highest BCUT2D eigenvalue weighted by Crippen LogP contribution is 2.26. The zero-order chi connectivity index (χ0) is 20.8. The molecule has 1 amide bonds. The van der Waals surface area contributed by atoms with Crippen LogP contribution in [-0.2, 0) is 11.3 Å². The second-order valence-corrected chi connectivity index (χ2v) is 8.18. The molecule has 8 heteroatoms. The third kappa shape index (κ3) is 6.21. The van der Waals surface area contributed by atoms with Gasteiger partial charge in [0.25, 0.3) is 0 Å². The van der Waals surface area contributed by atoms with Crippen molar-refractivity contribution in [1.82, 2.24) is 20.5 Å². The Bertz CT molecular complexity index is 864. The number of nitrogens with one attached hydrogen (secondary N) is 2. The summed E-state index contributed by atoms with van der Waals surface area (Å²) in [5.41, 5.74) is 1.78. The molecule has 0 radical (unpaired) electrons. The quantitative estimate of drug-likeness (QED) is 0.345. The summed E-state index contributed by atoms with van der Waals surface area (Å²) in [6.07, 6.45) is 8.38. The summed E-state index contributed by atoms with van der Waals surface area (Å²) in [7, 11) is 1.76. The van der Waals surface area contributed by atoms with Gasteiger partial charge in [0, 0.05) is 37.7 Å². The number of carbonyl (C=O) groups is 1. The average molecular weight is 537 g/mol. The number of carbonyl (C=O) groups excluding carboxylic acids is 1. The molecule has 2 aliphatic rings. The highest BCUT2D eigenvalue weighted by atomic mass is 127. The first-order chi connectivity index (χ1) is 14.7. The number of benzene rings is 1. The van der Waals surface area contributed by atoms with E-state index < -0.39 is 0 Å². The van der Waals surface area contributed by atoms with Gasteiger partial charge in [0.2, 0.25) is 11.8 Å². The molecular formula is C23H32IN5O2. The van der Waals surface area contributed by atoms with Crippen molar-refractivity contribution in [1.29, 1.82) is 0 Å². The zero-order valence-electron chi connectivity index (χ0n) is 18.0. The van der Waals surface area contributed by atoms with Crippen LogP contribution in [0.5, 0.6) is 0 Å². The van der Waals surface area contributed by atoms with Crippen LogP contribution < -0.4 is 10.6 Å². The number of amides is 1. The second kappa shape index (κ2) is 11.5. The molecule has 1 atom stereocenters. The van der Waals surface area contributed by atoms with Crippen molar-refractivity contribution in [3.05, 3.63) is 42.3 Å². The van der Waals surface area contributed by atoms with Crippen LogP contribution in [-0.4, -0.2) is 47.9 Å². The molecule has 0 bridgehead atoms. The van der Waals surface area contributed by atoms with Crippen molar-refractivity contribution >= 4 is 35.8 Å². The molecule has 1 aromatic heterocycles. The van der Waals surface area contributed by atoms with E-state index in [0.717, 1.165) is 49.6 Å². The minimum Gasteiger partial charge on any atom is -0.444 e. The summed E-state index contributed by atoms with van der Waals surface area (Å²) >= 11 is 0. The van der Waals surface area contributed by atoms with E-state index in [1.165, 1.54) is 19.3 Å². The maximum Gasteiger partial charge on any atom is 0.226 e. The Morgan fingerprint density at radius 2 is 1.97 bits per heavy atom. The monoisotopic (exact) mass is 537 g/mol. The lowest BCUT2D eigenvalue weighted by Crippen LogP contribution is -2.45. The lowest BCUT2D eigenvalue weighted by atomic mass is 9.88. The maximum absolute atomic E-state index is 12.8. The summed E-state index contributed by atoms with van der Waals surface area (Å²) in [6, 6.07) is 10.1. The predicted molar refractivity (Wildman–Crippen MR) is 132 cm³/mol. The summed E-state index contributed by atoms with van der Waals surface area (Å²) < 4.78 is 5.59. The molecule has 1 unspecified atom stereocenters. The molecule has 2 aromatic rings. The Labute approximate surface area is 201 Å². The minimum absolute atomic E-state index is 0. The number of hydrogen-bond acceptors (Lipinski definition) is 4. The predicted octanol–water partition coefficient (Wildman–Crippen LogP) is 3.81. The first kappa shape index (κ1) is 23.6. The van der Waals surface area contributed by atoms with Crippen molar-refractivity contribution in [2.24, 2.45) is 10.9 Å². The van der Waals surface area contributed by atoms with E-state index in [1.807, 2.05) is 35.2 Å². The molecule has 1 saturated heterocycles. The number of guanidine groups is 1. The zero-order valence-corrected chi connectivity index (χ0v) is 20.4. The molecule has 2 fully saturated rings. The fourth-order valence-corrected chi connectivity index (χ4v) is 4.35. The van der Waals surface area contributed by atoms with E-state index in [0.29, 0.717) is 18.3 Å². The molecule has 1 aromatic carbocycles. The molecule has 2 N–H and O–H groups in total. The Kier molecular flexibility index (Phi) is 8.74. The van der Waals surface area contributed by atoms with Crippen molar-refractivity contribution in [2.75, 3.05) is 20.1 Å². The van der Waals surface area contributed by atoms with E-state index >= 15 is 0 Å². The van der Waals surface area contributed by atoms with Crippen LogP contribution in [0.1, 0.15) is 44.2 Å². The van der Waals surface area contributed by atoms with Crippen LogP contribution in [0, 0.1) is 5.92 Å². The lowest BCUT2D eigenvalue weighted by molar-refractivity contribution is -0.135. The van der Waals surface area contributed by atoms with Crippen LogP contribution in [0.15, 0.2) is 46.0 Å². The third-order valence-corrected chi connectivity index (χ3v) is 6.03. The lowest BCUT2D eigenvalue weighted by Gasteiger charge is -2.26.